The zero-order valence-corrected chi connectivity index (χ0v) is 14.1. The summed E-state index contributed by atoms with van der Waals surface area (Å²) in [6, 6.07) is 8.07. The van der Waals surface area contributed by atoms with Gasteiger partial charge >= 0.3 is 0 Å². The summed E-state index contributed by atoms with van der Waals surface area (Å²) >= 11 is 0. The Bertz CT molecular complexity index is 832. The first-order chi connectivity index (χ1) is 11.4. The van der Waals surface area contributed by atoms with Gasteiger partial charge in [-0.15, -0.1) is 0 Å². The van der Waals surface area contributed by atoms with Crippen LogP contribution in [0.3, 0.4) is 0 Å². The Morgan fingerprint density at radius 3 is 2.58 bits per heavy atom. The van der Waals surface area contributed by atoms with Crippen molar-refractivity contribution < 1.29 is 8.42 Å². The molecule has 0 aliphatic heterocycles. The maximum atomic E-state index is 11.4. The van der Waals surface area contributed by atoms with E-state index in [1.807, 2.05) is 6.07 Å². The van der Waals surface area contributed by atoms with Gasteiger partial charge in [0.2, 0.25) is 16.0 Å². The minimum absolute atomic E-state index is 0.0335. The van der Waals surface area contributed by atoms with E-state index >= 15 is 0 Å². The Morgan fingerprint density at radius 1 is 1.12 bits per heavy atom. The molecule has 1 aliphatic rings. The van der Waals surface area contributed by atoms with E-state index < -0.39 is 15.6 Å². The summed E-state index contributed by atoms with van der Waals surface area (Å²) in [6.45, 7) is 0. The summed E-state index contributed by atoms with van der Waals surface area (Å²) in [6.07, 6.45) is 6.88. The number of nitrogens with one attached hydrogen (secondary N) is 1. The number of sulfonamides is 1. The first kappa shape index (κ1) is 16.8. The lowest BCUT2D eigenvalue weighted by atomic mass is 9.80. The van der Waals surface area contributed by atoms with Gasteiger partial charge in [-0.25, -0.2) is 23.5 Å². The van der Waals surface area contributed by atoms with Crippen LogP contribution in [0.25, 0.3) is 0 Å². The molecular formula is C16H21N5O2S. The van der Waals surface area contributed by atoms with Crippen LogP contribution in [0.1, 0.15) is 37.8 Å². The summed E-state index contributed by atoms with van der Waals surface area (Å²) in [5, 5.41) is 8.17. The fourth-order valence-corrected chi connectivity index (χ4v) is 3.57. The average molecular weight is 347 g/mol. The van der Waals surface area contributed by atoms with E-state index in [0.29, 0.717) is 11.6 Å². The number of hydrogen-bond acceptors (Lipinski definition) is 6. The number of nitrogens with zero attached hydrogens (tertiary/aromatic N) is 2. The quantitative estimate of drug-likeness (QED) is 0.777. The Balaban J connectivity index is 1.85. The smallest absolute Gasteiger partial charge is 0.238 e. The van der Waals surface area contributed by atoms with E-state index in [2.05, 4.69) is 15.3 Å². The first-order valence-corrected chi connectivity index (χ1v) is 9.44. The molecule has 1 aromatic heterocycles. The second kappa shape index (κ2) is 6.46. The van der Waals surface area contributed by atoms with Gasteiger partial charge in [0.05, 0.1) is 16.1 Å². The molecule has 0 atom stereocenters. The van der Waals surface area contributed by atoms with Crippen molar-refractivity contribution >= 4 is 21.7 Å². The molecule has 1 saturated carbocycles. The van der Waals surface area contributed by atoms with Crippen molar-refractivity contribution in [1.29, 1.82) is 0 Å². The second-order valence-electron chi connectivity index (χ2n) is 6.18. The summed E-state index contributed by atoms with van der Waals surface area (Å²) < 4.78 is 22.9. The molecule has 0 amide bonds. The molecule has 1 fully saturated rings. The number of aromatic nitrogens is 2. The summed E-state index contributed by atoms with van der Waals surface area (Å²) in [5.41, 5.74) is 7.45. The topological polar surface area (TPSA) is 124 Å². The SMILES string of the molecule is NC1(c2ccnc(Nc3cccc(S(N)(=O)=O)c3)n2)CCCCC1. The molecule has 2 aromatic rings. The fourth-order valence-electron chi connectivity index (χ4n) is 3.01. The molecule has 24 heavy (non-hydrogen) atoms. The van der Waals surface area contributed by atoms with Crippen molar-refractivity contribution in [2.75, 3.05) is 5.32 Å². The zero-order valence-electron chi connectivity index (χ0n) is 13.3. The highest BCUT2D eigenvalue weighted by atomic mass is 32.2. The average Bonchev–Trinajstić information content (AvgIpc) is 2.55. The summed E-state index contributed by atoms with van der Waals surface area (Å²) in [7, 11) is -3.75. The van der Waals surface area contributed by atoms with E-state index in [4.69, 9.17) is 10.9 Å². The molecule has 1 aromatic carbocycles. The van der Waals surface area contributed by atoms with E-state index in [9.17, 15) is 8.42 Å². The van der Waals surface area contributed by atoms with Gasteiger partial charge in [-0.1, -0.05) is 25.3 Å². The van der Waals surface area contributed by atoms with Crippen molar-refractivity contribution in [1.82, 2.24) is 9.97 Å². The van der Waals surface area contributed by atoms with Crippen LogP contribution in [0, 0.1) is 0 Å². The van der Waals surface area contributed by atoms with Crippen LogP contribution >= 0.6 is 0 Å². The minimum atomic E-state index is -3.75. The molecule has 128 valence electrons. The highest BCUT2D eigenvalue weighted by Gasteiger charge is 2.31. The van der Waals surface area contributed by atoms with Gasteiger partial charge in [-0.3, -0.25) is 0 Å². The van der Waals surface area contributed by atoms with Gasteiger partial charge in [0.15, 0.2) is 0 Å². The third-order valence-electron chi connectivity index (χ3n) is 4.33. The Labute approximate surface area is 141 Å². The van der Waals surface area contributed by atoms with E-state index in [0.717, 1.165) is 31.4 Å². The highest BCUT2D eigenvalue weighted by Crippen LogP contribution is 2.34. The molecular weight excluding hydrogens is 326 g/mol. The van der Waals surface area contributed by atoms with Crippen molar-refractivity contribution in [2.24, 2.45) is 10.9 Å². The van der Waals surface area contributed by atoms with Gasteiger partial charge in [-0.2, -0.15) is 0 Å². The standard InChI is InChI=1S/C16H21N5O2S/c17-16(8-2-1-3-9-16)14-7-10-19-15(21-14)20-12-5-4-6-13(11-12)24(18,22)23/h4-7,10-11H,1-3,8-9,17H2,(H2,18,22,23)(H,19,20,21). The Hall–Kier alpha value is -2.03. The summed E-state index contributed by atoms with van der Waals surface area (Å²) in [5.74, 6) is 0.384. The lowest BCUT2D eigenvalue weighted by molar-refractivity contribution is 0.295. The zero-order chi connectivity index (χ0) is 17.2. The lowest BCUT2D eigenvalue weighted by Gasteiger charge is -2.32. The predicted octanol–water partition coefficient (Wildman–Crippen LogP) is 1.99. The van der Waals surface area contributed by atoms with Crippen LogP contribution in [-0.4, -0.2) is 18.4 Å². The van der Waals surface area contributed by atoms with E-state index in [1.54, 1.807) is 18.3 Å². The van der Waals surface area contributed by atoms with Crippen molar-refractivity contribution in [3.63, 3.8) is 0 Å². The molecule has 0 saturated heterocycles. The Morgan fingerprint density at radius 2 is 1.88 bits per heavy atom. The number of nitrogens with two attached hydrogens (primary N) is 2. The third-order valence-corrected chi connectivity index (χ3v) is 5.24. The van der Waals surface area contributed by atoms with Crippen LogP contribution < -0.4 is 16.2 Å². The van der Waals surface area contributed by atoms with E-state index in [-0.39, 0.29) is 4.90 Å². The Kier molecular flexibility index (Phi) is 4.53. The monoisotopic (exact) mass is 347 g/mol. The molecule has 0 unspecified atom stereocenters. The van der Waals surface area contributed by atoms with Crippen molar-refractivity contribution in [3.8, 4) is 0 Å². The fraction of sp³-hybridized carbons (Fsp3) is 0.375. The maximum Gasteiger partial charge on any atom is 0.238 e. The molecule has 1 aliphatic carbocycles. The lowest BCUT2D eigenvalue weighted by Crippen LogP contribution is -2.39. The number of rotatable bonds is 4. The third kappa shape index (κ3) is 3.72. The summed E-state index contributed by atoms with van der Waals surface area (Å²) in [4.78, 5) is 8.75. The van der Waals surface area contributed by atoms with Crippen molar-refractivity contribution in [3.05, 3.63) is 42.2 Å². The number of benzene rings is 1. The predicted molar refractivity (Wildman–Crippen MR) is 92.1 cm³/mol. The van der Waals surface area contributed by atoms with Crippen LogP contribution in [-0.2, 0) is 15.6 Å². The van der Waals surface area contributed by atoms with Crippen LogP contribution in [0.5, 0.6) is 0 Å². The molecule has 0 bridgehead atoms. The number of anilines is 2. The molecule has 8 heteroatoms. The molecule has 0 radical (unpaired) electrons. The maximum absolute atomic E-state index is 11.4. The van der Waals surface area contributed by atoms with E-state index in [1.165, 1.54) is 18.6 Å². The van der Waals surface area contributed by atoms with Gasteiger partial charge in [0.1, 0.15) is 0 Å². The molecule has 7 nitrogen and oxygen atoms in total. The molecule has 1 heterocycles. The largest absolute Gasteiger partial charge is 0.324 e. The van der Waals surface area contributed by atoms with Crippen LogP contribution in [0.4, 0.5) is 11.6 Å². The van der Waals surface area contributed by atoms with Crippen LogP contribution in [0.15, 0.2) is 41.4 Å². The van der Waals surface area contributed by atoms with Gasteiger partial charge in [0.25, 0.3) is 0 Å². The normalized spacial score (nSPS) is 17.4. The van der Waals surface area contributed by atoms with Gasteiger partial charge < -0.3 is 11.1 Å². The number of hydrogen-bond donors (Lipinski definition) is 3. The molecule has 3 rings (SSSR count). The van der Waals surface area contributed by atoms with Gasteiger partial charge in [0, 0.05) is 11.9 Å². The van der Waals surface area contributed by atoms with Crippen molar-refractivity contribution in [2.45, 2.75) is 42.5 Å². The molecule has 0 spiro atoms. The second-order valence-corrected chi connectivity index (χ2v) is 7.74. The minimum Gasteiger partial charge on any atom is -0.324 e. The highest BCUT2D eigenvalue weighted by molar-refractivity contribution is 7.89. The van der Waals surface area contributed by atoms with Gasteiger partial charge in [-0.05, 0) is 37.1 Å². The number of primary sulfonamides is 1. The molecule has 5 N–H and O–H groups in total. The first-order valence-electron chi connectivity index (χ1n) is 7.89. The van der Waals surface area contributed by atoms with Crippen LogP contribution in [0.2, 0.25) is 0 Å².